The van der Waals surface area contributed by atoms with Crippen molar-refractivity contribution in [1.29, 1.82) is 0 Å². The lowest BCUT2D eigenvalue weighted by Gasteiger charge is -2.32. The van der Waals surface area contributed by atoms with Gasteiger partial charge in [0.15, 0.2) is 0 Å². The Morgan fingerprint density at radius 3 is 2.18 bits per heavy atom. The largest absolute Gasteiger partial charge is 0.457 e. The van der Waals surface area contributed by atoms with Gasteiger partial charge in [0, 0.05) is 36.1 Å². The molecule has 1 fully saturated rings. The maximum absolute atomic E-state index is 12.9. The molecule has 1 aliphatic rings. The number of halogens is 2. The van der Waals surface area contributed by atoms with Crippen molar-refractivity contribution in [2.45, 2.75) is 25.2 Å². The lowest BCUT2D eigenvalue weighted by atomic mass is 9.89. The third-order valence-corrected chi connectivity index (χ3v) is 6.77. The van der Waals surface area contributed by atoms with Crippen LogP contribution in [0, 0.1) is 0 Å². The standard InChI is InChI=1S/C31H27F2N3O3/c32-29(33)28-20-24(14-17-34-28)31(38)36-18-15-22(16-19-36)21-6-10-25(11-7-21)35-30(37)23-8-12-27(13-9-23)39-26-4-2-1-3-5-26/h1-14,17,20,22,29H,15-16,18-19H2,(H,35,37). The van der Waals surface area contributed by atoms with Gasteiger partial charge in [-0.15, -0.1) is 0 Å². The predicted molar refractivity (Wildman–Crippen MR) is 144 cm³/mol. The van der Waals surface area contributed by atoms with Gasteiger partial charge in [0.05, 0.1) is 0 Å². The number of carbonyl (C=O) groups excluding carboxylic acids is 2. The number of nitrogens with one attached hydrogen (secondary N) is 1. The van der Waals surface area contributed by atoms with E-state index in [9.17, 15) is 18.4 Å². The maximum Gasteiger partial charge on any atom is 0.280 e. The highest BCUT2D eigenvalue weighted by Crippen LogP contribution is 2.30. The zero-order valence-corrected chi connectivity index (χ0v) is 21.1. The van der Waals surface area contributed by atoms with Crippen LogP contribution in [0.3, 0.4) is 0 Å². The molecule has 1 aliphatic heterocycles. The van der Waals surface area contributed by atoms with Crippen molar-refractivity contribution in [3.05, 3.63) is 120 Å². The van der Waals surface area contributed by atoms with E-state index in [0.29, 0.717) is 30.1 Å². The van der Waals surface area contributed by atoms with E-state index >= 15 is 0 Å². The van der Waals surface area contributed by atoms with Gasteiger partial charge in [-0.1, -0.05) is 30.3 Å². The summed E-state index contributed by atoms with van der Waals surface area (Å²) in [5.74, 6) is 1.17. The molecule has 198 valence electrons. The van der Waals surface area contributed by atoms with Gasteiger partial charge >= 0.3 is 0 Å². The molecule has 2 amide bonds. The molecular weight excluding hydrogens is 500 g/mol. The molecule has 0 spiro atoms. The van der Waals surface area contributed by atoms with Crippen LogP contribution in [0.15, 0.2) is 97.2 Å². The number of carbonyl (C=O) groups is 2. The monoisotopic (exact) mass is 527 g/mol. The highest BCUT2D eigenvalue weighted by Gasteiger charge is 2.25. The van der Waals surface area contributed by atoms with E-state index < -0.39 is 12.1 Å². The third kappa shape index (κ3) is 6.46. The molecule has 3 aromatic carbocycles. The minimum absolute atomic E-state index is 0.216. The second-order valence-corrected chi connectivity index (χ2v) is 9.35. The van der Waals surface area contributed by atoms with E-state index in [1.807, 2.05) is 54.6 Å². The molecule has 0 bridgehead atoms. The highest BCUT2D eigenvalue weighted by atomic mass is 19.3. The average Bonchev–Trinajstić information content (AvgIpc) is 2.98. The van der Waals surface area contributed by atoms with E-state index in [1.165, 1.54) is 18.3 Å². The molecule has 2 heterocycles. The number of aromatic nitrogens is 1. The normalized spacial score (nSPS) is 13.8. The molecule has 0 unspecified atom stereocenters. The summed E-state index contributed by atoms with van der Waals surface area (Å²) in [4.78, 5) is 30.8. The number of nitrogens with zero attached hydrogens (tertiary/aromatic N) is 2. The molecular formula is C31H27F2N3O3. The van der Waals surface area contributed by atoms with Crippen molar-refractivity contribution < 1.29 is 23.1 Å². The number of para-hydroxylation sites is 1. The molecule has 0 saturated carbocycles. The number of ether oxygens (including phenoxy) is 1. The fourth-order valence-corrected chi connectivity index (χ4v) is 4.64. The van der Waals surface area contributed by atoms with Gasteiger partial charge in [-0.2, -0.15) is 0 Å². The number of rotatable bonds is 7. The average molecular weight is 528 g/mol. The fourth-order valence-electron chi connectivity index (χ4n) is 4.64. The predicted octanol–water partition coefficient (Wildman–Crippen LogP) is 7.08. The Balaban J connectivity index is 1.13. The lowest BCUT2D eigenvalue weighted by molar-refractivity contribution is 0.0712. The van der Waals surface area contributed by atoms with Crippen molar-refractivity contribution in [2.75, 3.05) is 18.4 Å². The first-order valence-electron chi connectivity index (χ1n) is 12.7. The first-order valence-corrected chi connectivity index (χ1v) is 12.7. The van der Waals surface area contributed by atoms with Crippen LogP contribution in [-0.2, 0) is 0 Å². The molecule has 0 atom stereocenters. The number of anilines is 1. The number of pyridine rings is 1. The Morgan fingerprint density at radius 2 is 1.51 bits per heavy atom. The van der Waals surface area contributed by atoms with Crippen molar-refractivity contribution in [1.82, 2.24) is 9.88 Å². The summed E-state index contributed by atoms with van der Waals surface area (Å²) in [5, 5.41) is 2.92. The van der Waals surface area contributed by atoms with Gasteiger partial charge in [0.2, 0.25) is 0 Å². The Hall–Kier alpha value is -4.59. The Morgan fingerprint density at radius 1 is 0.846 bits per heavy atom. The summed E-state index contributed by atoms with van der Waals surface area (Å²) >= 11 is 0. The summed E-state index contributed by atoms with van der Waals surface area (Å²) < 4.78 is 31.7. The molecule has 1 N–H and O–H groups in total. The van der Waals surface area contributed by atoms with E-state index in [2.05, 4.69) is 10.3 Å². The molecule has 1 aromatic heterocycles. The van der Waals surface area contributed by atoms with Crippen LogP contribution in [0.4, 0.5) is 14.5 Å². The van der Waals surface area contributed by atoms with E-state index in [4.69, 9.17) is 4.74 Å². The number of amides is 2. The minimum atomic E-state index is -2.71. The van der Waals surface area contributed by atoms with Crippen LogP contribution in [0.25, 0.3) is 0 Å². The van der Waals surface area contributed by atoms with Crippen molar-refractivity contribution in [2.24, 2.45) is 0 Å². The van der Waals surface area contributed by atoms with Gasteiger partial charge in [0.25, 0.3) is 18.2 Å². The summed E-state index contributed by atoms with van der Waals surface area (Å²) in [7, 11) is 0. The summed E-state index contributed by atoms with van der Waals surface area (Å²) in [6, 6.07) is 26.8. The van der Waals surface area contributed by atoms with Gasteiger partial charge in [-0.05, 0) is 85.0 Å². The Kier molecular flexibility index (Phi) is 7.91. The molecule has 8 heteroatoms. The van der Waals surface area contributed by atoms with Crippen LogP contribution in [0.1, 0.15) is 57.2 Å². The molecule has 0 radical (unpaired) electrons. The number of likely N-dealkylation sites (tertiary alicyclic amines) is 1. The number of hydrogen-bond donors (Lipinski definition) is 1. The number of piperidine rings is 1. The van der Waals surface area contributed by atoms with E-state index in [1.54, 1.807) is 29.2 Å². The topological polar surface area (TPSA) is 71.5 Å². The molecule has 1 saturated heterocycles. The summed E-state index contributed by atoms with van der Waals surface area (Å²) in [6.45, 7) is 1.08. The van der Waals surface area contributed by atoms with E-state index in [0.717, 1.165) is 24.2 Å². The second kappa shape index (κ2) is 11.9. The Bertz CT molecular complexity index is 1420. The smallest absolute Gasteiger partial charge is 0.280 e. The maximum atomic E-state index is 12.9. The molecule has 4 aromatic rings. The number of alkyl halides is 2. The van der Waals surface area contributed by atoms with Gasteiger partial charge in [-0.25, -0.2) is 8.78 Å². The molecule has 6 nitrogen and oxygen atoms in total. The van der Waals surface area contributed by atoms with Crippen molar-refractivity contribution >= 4 is 17.5 Å². The second-order valence-electron chi connectivity index (χ2n) is 9.35. The van der Waals surface area contributed by atoms with Crippen LogP contribution >= 0.6 is 0 Å². The van der Waals surface area contributed by atoms with Gasteiger partial charge < -0.3 is 15.0 Å². The molecule has 5 rings (SSSR count). The quantitative estimate of drug-likeness (QED) is 0.279. The zero-order chi connectivity index (χ0) is 27.2. The SMILES string of the molecule is O=C(Nc1ccc(C2CCN(C(=O)c3ccnc(C(F)F)c3)CC2)cc1)c1ccc(Oc2ccccc2)cc1. The van der Waals surface area contributed by atoms with Crippen LogP contribution < -0.4 is 10.1 Å². The molecule has 39 heavy (non-hydrogen) atoms. The van der Waals surface area contributed by atoms with Crippen LogP contribution in [0.5, 0.6) is 11.5 Å². The van der Waals surface area contributed by atoms with Gasteiger partial charge in [0.1, 0.15) is 17.2 Å². The first kappa shape index (κ1) is 26.0. The number of benzene rings is 3. The van der Waals surface area contributed by atoms with Crippen molar-refractivity contribution in [3.8, 4) is 11.5 Å². The number of hydrogen-bond acceptors (Lipinski definition) is 4. The van der Waals surface area contributed by atoms with E-state index in [-0.39, 0.29) is 23.3 Å². The summed E-state index contributed by atoms with van der Waals surface area (Å²) in [6.07, 6.45) is 0.0666. The third-order valence-electron chi connectivity index (χ3n) is 6.77. The zero-order valence-electron chi connectivity index (χ0n) is 21.1. The summed E-state index contributed by atoms with van der Waals surface area (Å²) in [5.41, 5.74) is 2.18. The van der Waals surface area contributed by atoms with Gasteiger partial charge in [-0.3, -0.25) is 14.6 Å². The lowest BCUT2D eigenvalue weighted by Crippen LogP contribution is -2.38. The first-order chi connectivity index (χ1) is 19.0. The fraction of sp³-hybridized carbons (Fsp3) is 0.194. The highest BCUT2D eigenvalue weighted by molar-refractivity contribution is 6.04. The van der Waals surface area contributed by atoms with Crippen molar-refractivity contribution in [3.63, 3.8) is 0 Å². The van der Waals surface area contributed by atoms with Crippen LogP contribution in [-0.4, -0.2) is 34.8 Å². The minimum Gasteiger partial charge on any atom is -0.457 e. The van der Waals surface area contributed by atoms with Crippen LogP contribution in [0.2, 0.25) is 0 Å². The molecule has 0 aliphatic carbocycles. The Labute approximate surface area is 225 Å².